The van der Waals surface area contributed by atoms with Gasteiger partial charge >= 0.3 is 5.97 Å². The number of hydrogen-bond donors (Lipinski definition) is 4. The molecule has 122 valence electrons. The second kappa shape index (κ2) is 6.45. The maximum atomic E-state index is 11.5. The number of aromatic amines is 1. The van der Waals surface area contributed by atoms with Crippen LogP contribution >= 0.6 is 0 Å². The van der Waals surface area contributed by atoms with E-state index in [1.807, 2.05) is 24.3 Å². The molecule has 4 N–H and O–H groups in total. The number of aromatic hydroxyl groups is 2. The Kier molecular flexibility index (Phi) is 4.20. The number of phenols is 2. The molecular formula is C18H16N2O4. The van der Waals surface area contributed by atoms with Gasteiger partial charge in [0.2, 0.25) is 0 Å². The average Bonchev–Trinajstić information content (AvgIpc) is 2.95. The van der Waals surface area contributed by atoms with Gasteiger partial charge in [0.15, 0.2) is 6.04 Å². The van der Waals surface area contributed by atoms with Crippen molar-refractivity contribution in [2.75, 3.05) is 0 Å². The lowest BCUT2D eigenvalue weighted by Gasteiger charge is -2.07. The number of aliphatic carboxylic acids is 1. The van der Waals surface area contributed by atoms with Gasteiger partial charge in [-0.3, -0.25) is 4.99 Å². The van der Waals surface area contributed by atoms with Crippen LogP contribution in [-0.2, 0) is 11.2 Å². The van der Waals surface area contributed by atoms with Crippen molar-refractivity contribution in [1.82, 2.24) is 4.98 Å². The van der Waals surface area contributed by atoms with E-state index in [0.717, 1.165) is 16.5 Å². The lowest BCUT2D eigenvalue weighted by atomic mass is 10.1. The van der Waals surface area contributed by atoms with Crippen molar-refractivity contribution in [2.45, 2.75) is 12.5 Å². The van der Waals surface area contributed by atoms with Gasteiger partial charge in [-0.05, 0) is 23.8 Å². The highest BCUT2D eigenvalue weighted by atomic mass is 16.4. The second-order valence-electron chi connectivity index (χ2n) is 5.44. The zero-order valence-corrected chi connectivity index (χ0v) is 12.7. The molecular weight excluding hydrogens is 308 g/mol. The Morgan fingerprint density at radius 1 is 1.21 bits per heavy atom. The van der Waals surface area contributed by atoms with Crippen LogP contribution in [0.3, 0.4) is 0 Å². The smallest absolute Gasteiger partial charge is 0.328 e. The number of carboxylic acids is 1. The molecule has 2 aromatic carbocycles. The van der Waals surface area contributed by atoms with Gasteiger partial charge in [0.1, 0.15) is 11.5 Å². The molecule has 3 aromatic rings. The molecule has 1 aromatic heterocycles. The van der Waals surface area contributed by atoms with Crippen LogP contribution in [0.4, 0.5) is 0 Å². The Hall–Kier alpha value is -3.28. The van der Waals surface area contributed by atoms with Gasteiger partial charge in [0.25, 0.3) is 0 Å². The molecule has 0 saturated heterocycles. The normalized spacial score (nSPS) is 12.7. The summed E-state index contributed by atoms with van der Waals surface area (Å²) in [7, 11) is 0. The molecule has 0 aliphatic heterocycles. The van der Waals surface area contributed by atoms with E-state index in [1.54, 1.807) is 6.20 Å². The SMILES string of the molecule is O=C(O)[C@H](Cc1c[nH]c2ccccc12)N=Cc1ccc(O)cc1O. The molecule has 3 rings (SSSR count). The highest BCUT2D eigenvalue weighted by Crippen LogP contribution is 2.22. The summed E-state index contributed by atoms with van der Waals surface area (Å²) < 4.78 is 0. The molecule has 0 unspecified atom stereocenters. The van der Waals surface area contributed by atoms with E-state index in [0.29, 0.717) is 5.56 Å². The van der Waals surface area contributed by atoms with Gasteiger partial charge in [0, 0.05) is 41.4 Å². The third kappa shape index (κ3) is 3.22. The number of phenolic OH excluding ortho intramolecular Hbond substituents is 2. The Balaban J connectivity index is 1.85. The van der Waals surface area contributed by atoms with Crippen molar-refractivity contribution in [3.63, 3.8) is 0 Å². The number of carboxylic acid groups (broad SMARTS) is 1. The molecule has 1 atom stereocenters. The van der Waals surface area contributed by atoms with E-state index >= 15 is 0 Å². The average molecular weight is 324 g/mol. The van der Waals surface area contributed by atoms with Gasteiger partial charge in [-0.25, -0.2) is 4.79 Å². The minimum absolute atomic E-state index is 0.0711. The van der Waals surface area contributed by atoms with Crippen LogP contribution in [0.15, 0.2) is 53.7 Å². The first kappa shape index (κ1) is 15.6. The van der Waals surface area contributed by atoms with E-state index < -0.39 is 12.0 Å². The summed E-state index contributed by atoms with van der Waals surface area (Å²) >= 11 is 0. The minimum Gasteiger partial charge on any atom is -0.508 e. The van der Waals surface area contributed by atoms with Crippen LogP contribution in [0.1, 0.15) is 11.1 Å². The third-order valence-corrected chi connectivity index (χ3v) is 3.78. The monoisotopic (exact) mass is 324 g/mol. The third-order valence-electron chi connectivity index (χ3n) is 3.78. The van der Waals surface area contributed by atoms with E-state index in [1.165, 1.54) is 24.4 Å². The molecule has 0 bridgehead atoms. The summed E-state index contributed by atoms with van der Waals surface area (Å²) in [6.45, 7) is 0. The van der Waals surface area contributed by atoms with E-state index in [9.17, 15) is 20.1 Å². The van der Waals surface area contributed by atoms with Crippen molar-refractivity contribution < 1.29 is 20.1 Å². The second-order valence-corrected chi connectivity index (χ2v) is 5.44. The number of aromatic nitrogens is 1. The van der Waals surface area contributed by atoms with E-state index in [-0.39, 0.29) is 17.9 Å². The summed E-state index contributed by atoms with van der Waals surface area (Å²) in [5.41, 5.74) is 2.15. The first-order chi connectivity index (χ1) is 11.5. The van der Waals surface area contributed by atoms with Gasteiger partial charge in [-0.2, -0.15) is 0 Å². The number of para-hydroxylation sites is 1. The maximum absolute atomic E-state index is 11.5. The highest BCUT2D eigenvalue weighted by Gasteiger charge is 2.18. The van der Waals surface area contributed by atoms with Gasteiger partial charge in [-0.1, -0.05) is 18.2 Å². The Bertz CT molecular complexity index is 914. The highest BCUT2D eigenvalue weighted by molar-refractivity contribution is 5.87. The molecule has 24 heavy (non-hydrogen) atoms. The van der Waals surface area contributed by atoms with Gasteiger partial charge in [-0.15, -0.1) is 0 Å². The summed E-state index contributed by atoms with van der Waals surface area (Å²) in [4.78, 5) is 18.7. The predicted octanol–water partition coefficient (Wildman–Crippen LogP) is 2.69. The van der Waals surface area contributed by atoms with Gasteiger partial charge in [0.05, 0.1) is 0 Å². The van der Waals surface area contributed by atoms with Crippen molar-refractivity contribution in [3.05, 3.63) is 59.8 Å². The summed E-state index contributed by atoms with van der Waals surface area (Å²) in [5.74, 6) is -1.27. The first-order valence-corrected chi connectivity index (χ1v) is 7.37. The molecule has 0 fully saturated rings. The fraction of sp³-hybridized carbons (Fsp3) is 0.111. The number of carbonyl (C=O) groups is 1. The Morgan fingerprint density at radius 2 is 2.00 bits per heavy atom. The lowest BCUT2D eigenvalue weighted by molar-refractivity contribution is -0.138. The van der Waals surface area contributed by atoms with Crippen molar-refractivity contribution in [3.8, 4) is 11.5 Å². The van der Waals surface area contributed by atoms with Crippen molar-refractivity contribution in [2.24, 2.45) is 4.99 Å². The minimum atomic E-state index is -1.05. The number of benzene rings is 2. The number of aliphatic imine (C=N–C) groups is 1. The Labute approximate surface area is 137 Å². The van der Waals surface area contributed by atoms with Crippen LogP contribution in [0.25, 0.3) is 10.9 Å². The van der Waals surface area contributed by atoms with Crippen LogP contribution in [0.5, 0.6) is 11.5 Å². The fourth-order valence-electron chi connectivity index (χ4n) is 2.52. The summed E-state index contributed by atoms with van der Waals surface area (Å²) in [6.07, 6.45) is 3.32. The number of nitrogens with zero attached hydrogens (tertiary/aromatic N) is 1. The standard InChI is InChI=1S/C18H16N2O4/c21-13-6-5-11(17(22)8-13)9-20-16(18(23)24)7-12-10-19-15-4-2-1-3-14(12)15/h1-6,8-10,16,19,21-22H,7H2,(H,23,24)/t16-/m0/s1. The van der Waals surface area contributed by atoms with Crippen LogP contribution in [0, 0.1) is 0 Å². The zero-order valence-electron chi connectivity index (χ0n) is 12.7. The summed E-state index contributed by atoms with van der Waals surface area (Å²) in [6, 6.07) is 10.7. The number of hydrogen-bond acceptors (Lipinski definition) is 4. The summed E-state index contributed by atoms with van der Waals surface area (Å²) in [5, 5.41) is 29.4. The number of nitrogens with one attached hydrogen (secondary N) is 1. The molecule has 0 amide bonds. The van der Waals surface area contributed by atoms with Crippen molar-refractivity contribution in [1.29, 1.82) is 0 Å². The topological polar surface area (TPSA) is 106 Å². The first-order valence-electron chi connectivity index (χ1n) is 7.37. The lowest BCUT2D eigenvalue weighted by Crippen LogP contribution is -2.20. The zero-order chi connectivity index (χ0) is 17.1. The van der Waals surface area contributed by atoms with Crippen LogP contribution < -0.4 is 0 Å². The van der Waals surface area contributed by atoms with Gasteiger partial charge < -0.3 is 20.3 Å². The molecule has 0 aliphatic rings. The van der Waals surface area contributed by atoms with E-state index in [2.05, 4.69) is 9.98 Å². The number of fused-ring (bicyclic) bond motifs is 1. The molecule has 6 nitrogen and oxygen atoms in total. The van der Waals surface area contributed by atoms with Crippen LogP contribution in [0.2, 0.25) is 0 Å². The maximum Gasteiger partial charge on any atom is 0.328 e. The quantitative estimate of drug-likeness (QED) is 0.541. The van der Waals surface area contributed by atoms with E-state index in [4.69, 9.17) is 0 Å². The molecule has 1 heterocycles. The largest absolute Gasteiger partial charge is 0.508 e. The molecule has 0 radical (unpaired) electrons. The Morgan fingerprint density at radius 3 is 2.75 bits per heavy atom. The number of rotatable bonds is 5. The fourth-order valence-corrected chi connectivity index (χ4v) is 2.52. The molecule has 0 aliphatic carbocycles. The molecule has 0 spiro atoms. The van der Waals surface area contributed by atoms with Crippen LogP contribution in [-0.4, -0.2) is 38.5 Å². The van der Waals surface area contributed by atoms with Crippen molar-refractivity contribution >= 4 is 23.1 Å². The predicted molar refractivity (Wildman–Crippen MR) is 90.8 cm³/mol. The number of H-pyrrole nitrogens is 1. The molecule has 0 saturated carbocycles. The molecule has 6 heteroatoms.